The van der Waals surface area contributed by atoms with E-state index >= 15 is 0 Å². The Labute approximate surface area is 131 Å². The van der Waals surface area contributed by atoms with Gasteiger partial charge >= 0.3 is 0 Å². The number of rotatable bonds is 5. The number of nitrogens with two attached hydrogens (primary N) is 1. The molecular formula is C16H26BrN3. The van der Waals surface area contributed by atoms with Crippen LogP contribution >= 0.6 is 15.9 Å². The molecule has 0 radical (unpaired) electrons. The van der Waals surface area contributed by atoms with Crippen molar-refractivity contribution in [2.24, 2.45) is 5.73 Å². The number of hydrogen-bond acceptors (Lipinski definition) is 3. The van der Waals surface area contributed by atoms with Gasteiger partial charge in [-0.15, -0.1) is 0 Å². The number of benzene rings is 1. The number of halogens is 1. The third kappa shape index (κ3) is 4.29. The molecule has 1 aromatic carbocycles. The van der Waals surface area contributed by atoms with Crippen molar-refractivity contribution in [3.8, 4) is 0 Å². The minimum atomic E-state index is 0.116. The predicted molar refractivity (Wildman–Crippen MR) is 88.8 cm³/mol. The lowest BCUT2D eigenvalue weighted by Crippen LogP contribution is -2.45. The van der Waals surface area contributed by atoms with Gasteiger partial charge in [-0.1, -0.05) is 34.1 Å². The van der Waals surface area contributed by atoms with Crippen LogP contribution in [0.4, 0.5) is 0 Å². The fourth-order valence-electron chi connectivity index (χ4n) is 2.91. The number of hydrogen-bond donors (Lipinski definition) is 1. The van der Waals surface area contributed by atoms with E-state index in [9.17, 15) is 0 Å². The summed E-state index contributed by atoms with van der Waals surface area (Å²) in [4.78, 5) is 4.91. The maximum Gasteiger partial charge on any atom is 0.0318 e. The van der Waals surface area contributed by atoms with E-state index in [1.54, 1.807) is 0 Å². The maximum absolute atomic E-state index is 6.34. The van der Waals surface area contributed by atoms with Crippen LogP contribution in [-0.2, 0) is 0 Å². The largest absolute Gasteiger partial charge is 0.324 e. The standard InChI is InChI=1S/C16H26BrN3/c1-19(2)13-6-5-10-20(12-13)11-9-16(18)14-7-3-4-8-15(14)17/h3-4,7-8,13,16H,5-6,9-12,18H2,1-2H3. The lowest BCUT2D eigenvalue weighted by atomic mass is 10.0. The Kier molecular flexibility index (Phi) is 6.02. The molecule has 1 saturated heterocycles. The van der Waals surface area contributed by atoms with Crippen molar-refractivity contribution < 1.29 is 0 Å². The Morgan fingerprint density at radius 3 is 2.85 bits per heavy atom. The summed E-state index contributed by atoms with van der Waals surface area (Å²) in [5.74, 6) is 0. The Hall–Kier alpha value is -0.420. The van der Waals surface area contributed by atoms with Crippen molar-refractivity contribution in [3.05, 3.63) is 34.3 Å². The third-order valence-corrected chi connectivity index (χ3v) is 4.99. The van der Waals surface area contributed by atoms with Gasteiger partial charge in [0.25, 0.3) is 0 Å². The fraction of sp³-hybridized carbons (Fsp3) is 0.625. The summed E-state index contributed by atoms with van der Waals surface area (Å²) in [6, 6.07) is 9.09. The molecule has 2 N–H and O–H groups in total. The monoisotopic (exact) mass is 339 g/mol. The second kappa shape index (κ2) is 7.55. The van der Waals surface area contributed by atoms with Crippen molar-refractivity contribution in [1.82, 2.24) is 9.80 Å². The summed E-state index contributed by atoms with van der Waals surface area (Å²) in [5.41, 5.74) is 7.56. The van der Waals surface area contributed by atoms with Crippen molar-refractivity contribution in [3.63, 3.8) is 0 Å². The Balaban J connectivity index is 1.84. The zero-order valence-electron chi connectivity index (χ0n) is 12.6. The number of piperidine rings is 1. The molecule has 0 amide bonds. The summed E-state index contributed by atoms with van der Waals surface area (Å²) in [6.07, 6.45) is 3.63. The van der Waals surface area contributed by atoms with Crippen LogP contribution < -0.4 is 5.73 Å². The summed E-state index contributed by atoms with van der Waals surface area (Å²) in [5, 5.41) is 0. The molecule has 0 aliphatic carbocycles. The van der Waals surface area contributed by atoms with Gasteiger partial charge in [0.05, 0.1) is 0 Å². The first-order valence-corrected chi connectivity index (χ1v) is 8.26. The number of likely N-dealkylation sites (N-methyl/N-ethyl adjacent to an activating group) is 1. The molecule has 112 valence electrons. The van der Waals surface area contributed by atoms with E-state index in [2.05, 4.69) is 58.0 Å². The van der Waals surface area contributed by atoms with Crippen molar-refractivity contribution in [2.75, 3.05) is 33.7 Å². The normalized spacial score (nSPS) is 22.1. The van der Waals surface area contributed by atoms with Gasteiger partial charge in [0, 0.05) is 29.6 Å². The van der Waals surface area contributed by atoms with Crippen LogP contribution in [0.1, 0.15) is 30.9 Å². The molecule has 1 heterocycles. The zero-order chi connectivity index (χ0) is 14.5. The second-order valence-corrected chi connectivity index (χ2v) is 6.83. The third-order valence-electron chi connectivity index (χ3n) is 4.27. The fourth-order valence-corrected chi connectivity index (χ4v) is 3.49. The smallest absolute Gasteiger partial charge is 0.0318 e. The van der Waals surface area contributed by atoms with Gasteiger partial charge in [0.2, 0.25) is 0 Å². The van der Waals surface area contributed by atoms with Crippen molar-refractivity contribution >= 4 is 15.9 Å². The Morgan fingerprint density at radius 2 is 2.15 bits per heavy atom. The van der Waals surface area contributed by atoms with Crippen LogP contribution in [-0.4, -0.2) is 49.6 Å². The van der Waals surface area contributed by atoms with Gasteiger partial charge in [-0.05, 0) is 51.5 Å². The molecule has 4 heteroatoms. The molecule has 20 heavy (non-hydrogen) atoms. The van der Waals surface area contributed by atoms with Gasteiger partial charge in [-0.3, -0.25) is 0 Å². The maximum atomic E-state index is 6.34. The summed E-state index contributed by atoms with van der Waals surface area (Å²) >= 11 is 3.59. The van der Waals surface area contributed by atoms with Crippen LogP contribution in [0.3, 0.4) is 0 Å². The molecule has 0 saturated carbocycles. The van der Waals surface area contributed by atoms with Crippen molar-refractivity contribution in [1.29, 1.82) is 0 Å². The van der Waals surface area contributed by atoms with Crippen LogP contribution in [0.2, 0.25) is 0 Å². The second-order valence-electron chi connectivity index (χ2n) is 5.98. The summed E-state index contributed by atoms with van der Waals surface area (Å²) in [7, 11) is 4.36. The van der Waals surface area contributed by atoms with Gasteiger partial charge in [0.15, 0.2) is 0 Å². The highest BCUT2D eigenvalue weighted by molar-refractivity contribution is 9.10. The molecule has 3 nitrogen and oxygen atoms in total. The average Bonchev–Trinajstić information content (AvgIpc) is 2.45. The Morgan fingerprint density at radius 1 is 1.40 bits per heavy atom. The molecule has 0 bridgehead atoms. The minimum absolute atomic E-state index is 0.116. The van der Waals surface area contributed by atoms with Gasteiger partial charge in [0.1, 0.15) is 0 Å². The molecule has 2 unspecified atom stereocenters. The highest BCUT2D eigenvalue weighted by Crippen LogP contribution is 2.24. The SMILES string of the molecule is CN(C)C1CCCN(CCC(N)c2ccccc2Br)C1. The van der Waals surface area contributed by atoms with E-state index in [-0.39, 0.29) is 6.04 Å². The molecule has 1 fully saturated rings. The highest BCUT2D eigenvalue weighted by Gasteiger charge is 2.21. The molecule has 2 rings (SSSR count). The van der Waals surface area contributed by atoms with E-state index in [1.807, 2.05) is 6.07 Å². The van der Waals surface area contributed by atoms with Crippen molar-refractivity contribution in [2.45, 2.75) is 31.3 Å². The highest BCUT2D eigenvalue weighted by atomic mass is 79.9. The molecular weight excluding hydrogens is 314 g/mol. The van der Waals surface area contributed by atoms with Crippen LogP contribution in [0, 0.1) is 0 Å². The van der Waals surface area contributed by atoms with Gasteiger partial charge in [-0.2, -0.15) is 0 Å². The lowest BCUT2D eigenvalue weighted by molar-refractivity contribution is 0.130. The number of nitrogens with zero attached hydrogens (tertiary/aromatic N) is 2. The van der Waals surface area contributed by atoms with E-state index in [4.69, 9.17) is 5.73 Å². The Bertz CT molecular complexity index is 422. The van der Waals surface area contributed by atoms with Crippen LogP contribution in [0.5, 0.6) is 0 Å². The first-order valence-electron chi connectivity index (χ1n) is 7.46. The first-order chi connectivity index (χ1) is 9.58. The van der Waals surface area contributed by atoms with Crippen LogP contribution in [0.15, 0.2) is 28.7 Å². The van der Waals surface area contributed by atoms with Crippen LogP contribution in [0.25, 0.3) is 0 Å². The van der Waals surface area contributed by atoms with E-state index in [0.717, 1.165) is 17.4 Å². The molecule has 0 aromatic heterocycles. The lowest BCUT2D eigenvalue weighted by Gasteiger charge is -2.36. The van der Waals surface area contributed by atoms with E-state index in [1.165, 1.54) is 31.5 Å². The molecule has 1 aliphatic heterocycles. The van der Waals surface area contributed by atoms with E-state index < -0.39 is 0 Å². The molecule has 1 aromatic rings. The molecule has 1 aliphatic rings. The van der Waals surface area contributed by atoms with Gasteiger partial charge < -0.3 is 15.5 Å². The summed E-state index contributed by atoms with van der Waals surface area (Å²) in [6.45, 7) is 3.48. The first kappa shape index (κ1) is 16.0. The van der Waals surface area contributed by atoms with E-state index in [0.29, 0.717) is 6.04 Å². The molecule has 2 atom stereocenters. The quantitative estimate of drug-likeness (QED) is 0.895. The van der Waals surface area contributed by atoms with Gasteiger partial charge in [-0.25, -0.2) is 0 Å². The topological polar surface area (TPSA) is 32.5 Å². The zero-order valence-corrected chi connectivity index (χ0v) is 14.1. The summed E-state index contributed by atoms with van der Waals surface area (Å²) < 4.78 is 1.12. The molecule has 0 spiro atoms. The number of likely N-dealkylation sites (tertiary alicyclic amines) is 1. The average molecular weight is 340 g/mol. The minimum Gasteiger partial charge on any atom is -0.324 e. The predicted octanol–water partition coefficient (Wildman–Crippen LogP) is 2.87.